The van der Waals surface area contributed by atoms with Gasteiger partial charge in [-0.1, -0.05) is 0 Å². The van der Waals surface area contributed by atoms with Crippen molar-refractivity contribution < 1.29 is 23.7 Å². The third-order valence-electron chi connectivity index (χ3n) is 2.11. The molecule has 1 rings (SSSR count). The van der Waals surface area contributed by atoms with Crippen LogP contribution in [-0.2, 0) is 0 Å². The topological polar surface area (TPSA) is 49.7 Å². The third-order valence-corrected chi connectivity index (χ3v) is 2.42. The molecular formula is C10H11ClF2O3. The van der Waals surface area contributed by atoms with Gasteiger partial charge in [-0.25, -0.2) is 8.78 Å². The number of hydrogen-bond donors (Lipinski definition) is 2. The van der Waals surface area contributed by atoms with Gasteiger partial charge in [0.15, 0.2) is 0 Å². The van der Waals surface area contributed by atoms with E-state index in [-0.39, 0.29) is 11.6 Å². The van der Waals surface area contributed by atoms with Crippen LogP contribution in [0, 0.1) is 11.6 Å². The maximum Gasteiger partial charge on any atom is 0.135 e. The first kappa shape index (κ1) is 13.2. The number of hydrogen-bond acceptors (Lipinski definition) is 3. The fraction of sp³-hybridized carbons (Fsp3) is 0.400. The van der Waals surface area contributed by atoms with Gasteiger partial charge in [-0.3, -0.25) is 0 Å². The summed E-state index contributed by atoms with van der Waals surface area (Å²) in [5, 5.41) is 18.7. The summed E-state index contributed by atoms with van der Waals surface area (Å²) in [7, 11) is 1.26. The lowest BCUT2D eigenvalue weighted by atomic mass is 10.0. The quantitative estimate of drug-likeness (QED) is 0.801. The van der Waals surface area contributed by atoms with Crippen molar-refractivity contribution in [2.45, 2.75) is 12.2 Å². The summed E-state index contributed by atoms with van der Waals surface area (Å²) in [6.07, 6.45) is -3.14. The number of aliphatic hydroxyl groups is 2. The fourth-order valence-corrected chi connectivity index (χ4v) is 1.41. The van der Waals surface area contributed by atoms with Crippen LogP contribution in [0.1, 0.15) is 11.7 Å². The highest BCUT2D eigenvalue weighted by molar-refractivity contribution is 6.18. The third kappa shape index (κ3) is 2.61. The molecule has 90 valence electrons. The number of ether oxygens (including phenoxy) is 1. The molecule has 16 heavy (non-hydrogen) atoms. The Hall–Kier alpha value is -0.910. The monoisotopic (exact) mass is 252 g/mol. The van der Waals surface area contributed by atoms with Crippen LogP contribution in [0.5, 0.6) is 5.75 Å². The van der Waals surface area contributed by atoms with Gasteiger partial charge in [-0.15, -0.1) is 11.6 Å². The lowest BCUT2D eigenvalue weighted by molar-refractivity contribution is 0.0280. The Morgan fingerprint density at radius 2 is 1.81 bits per heavy atom. The molecule has 0 amide bonds. The Labute approximate surface area is 96.2 Å². The van der Waals surface area contributed by atoms with Gasteiger partial charge in [0.05, 0.1) is 24.7 Å². The first-order valence-electron chi connectivity index (χ1n) is 4.46. The van der Waals surface area contributed by atoms with E-state index in [0.717, 1.165) is 12.1 Å². The van der Waals surface area contributed by atoms with Crippen LogP contribution in [0.3, 0.4) is 0 Å². The minimum Gasteiger partial charge on any atom is -0.497 e. The van der Waals surface area contributed by atoms with Gasteiger partial charge < -0.3 is 14.9 Å². The standard InChI is InChI=1S/C10H11ClF2O3/c1-16-5-2-6(12)9(7(13)3-5)10(15)8(14)4-11/h2-3,8,10,14-15H,4H2,1H3. The second kappa shape index (κ2) is 5.43. The molecule has 1 aromatic carbocycles. The first-order chi connectivity index (χ1) is 7.51. The molecule has 0 fully saturated rings. The number of benzene rings is 1. The molecule has 2 unspecified atom stereocenters. The molecule has 0 spiro atoms. The highest BCUT2D eigenvalue weighted by atomic mass is 35.5. The molecule has 0 bridgehead atoms. The summed E-state index contributed by atoms with van der Waals surface area (Å²) in [6, 6.07) is 1.84. The van der Waals surface area contributed by atoms with Crippen molar-refractivity contribution in [3.63, 3.8) is 0 Å². The summed E-state index contributed by atoms with van der Waals surface area (Å²) < 4.78 is 31.5. The predicted molar refractivity (Wildman–Crippen MR) is 54.6 cm³/mol. The van der Waals surface area contributed by atoms with Crippen LogP contribution in [0.25, 0.3) is 0 Å². The molecule has 6 heteroatoms. The van der Waals surface area contributed by atoms with Crippen LogP contribution in [0.15, 0.2) is 12.1 Å². The van der Waals surface area contributed by atoms with Crippen LogP contribution in [-0.4, -0.2) is 29.3 Å². The number of methoxy groups -OCH3 is 1. The molecular weight excluding hydrogens is 242 g/mol. The Morgan fingerprint density at radius 1 is 1.31 bits per heavy atom. The molecule has 0 saturated heterocycles. The molecule has 0 saturated carbocycles. The van der Waals surface area contributed by atoms with Crippen molar-refractivity contribution in [2.75, 3.05) is 13.0 Å². The number of aliphatic hydroxyl groups excluding tert-OH is 2. The molecule has 0 heterocycles. The number of rotatable bonds is 4. The lowest BCUT2D eigenvalue weighted by Gasteiger charge is -2.17. The van der Waals surface area contributed by atoms with E-state index in [0.29, 0.717) is 0 Å². The smallest absolute Gasteiger partial charge is 0.135 e. The lowest BCUT2D eigenvalue weighted by Crippen LogP contribution is -2.22. The van der Waals surface area contributed by atoms with Crippen molar-refractivity contribution in [1.82, 2.24) is 0 Å². The van der Waals surface area contributed by atoms with E-state index in [1.165, 1.54) is 7.11 Å². The average molecular weight is 253 g/mol. The van der Waals surface area contributed by atoms with Gasteiger partial charge in [-0.05, 0) is 0 Å². The summed E-state index contributed by atoms with van der Waals surface area (Å²) >= 11 is 5.28. The van der Waals surface area contributed by atoms with E-state index in [1.54, 1.807) is 0 Å². The van der Waals surface area contributed by atoms with Crippen molar-refractivity contribution >= 4 is 11.6 Å². The highest BCUT2D eigenvalue weighted by Gasteiger charge is 2.25. The molecule has 1 aromatic rings. The van der Waals surface area contributed by atoms with Gasteiger partial charge in [0.1, 0.15) is 23.5 Å². The summed E-state index contributed by atoms with van der Waals surface area (Å²) in [5.74, 6) is -2.32. The molecule has 0 aliphatic carbocycles. The largest absolute Gasteiger partial charge is 0.497 e. The van der Waals surface area contributed by atoms with E-state index in [9.17, 15) is 19.0 Å². The van der Waals surface area contributed by atoms with E-state index in [1.807, 2.05) is 0 Å². The number of alkyl halides is 1. The van der Waals surface area contributed by atoms with Crippen LogP contribution in [0.4, 0.5) is 8.78 Å². The molecule has 0 radical (unpaired) electrons. The summed E-state index contributed by atoms with van der Waals surface area (Å²) in [6.45, 7) is 0. The Morgan fingerprint density at radius 3 is 2.19 bits per heavy atom. The molecule has 0 aliphatic rings. The normalized spacial score (nSPS) is 14.6. The molecule has 3 nitrogen and oxygen atoms in total. The Kier molecular flexibility index (Phi) is 4.46. The molecule has 2 atom stereocenters. The minimum absolute atomic E-state index is 0.00804. The van der Waals surface area contributed by atoms with E-state index < -0.39 is 29.4 Å². The van der Waals surface area contributed by atoms with Crippen LogP contribution < -0.4 is 4.74 Å². The summed E-state index contributed by atoms with van der Waals surface area (Å²) in [4.78, 5) is 0. The maximum absolute atomic E-state index is 13.4. The zero-order chi connectivity index (χ0) is 12.3. The van der Waals surface area contributed by atoms with Gasteiger partial charge in [-0.2, -0.15) is 0 Å². The Bertz CT molecular complexity index is 350. The second-order valence-corrected chi connectivity index (χ2v) is 3.48. The molecule has 0 aliphatic heterocycles. The van der Waals surface area contributed by atoms with Crippen molar-refractivity contribution in [3.8, 4) is 5.75 Å². The van der Waals surface area contributed by atoms with E-state index >= 15 is 0 Å². The Balaban J connectivity index is 3.14. The van der Waals surface area contributed by atoms with Crippen molar-refractivity contribution in [3.05, 3.63) is 29.3 Å². The SMILES string of the molecule is COc1cc(F)c(C(O)C(O)CCl)c(F)c1. The minimum atomic E-state index is -1.71. The highest BCUT2D eigenvalue weighted by Crippen LogP contribution is 2.27. The molecule has 0 aromatic heterocycles. The van der Waals surface area contributed by atoms with Crippen LogP contribution in [0.2, 0.25) is 0 Å². The fourth-order valence-electron chi connectivity index (χ4n) is 1.24. The maximum atomic E-state index is 13.4. The summed E-state index contributed by atoms with van der Waals surface area (Å²) in [5.41, 5.74) is -0.617. The predicted octanol–water partition coefficient (Wildman–Crippen LogP) is 1.61. The van der Waals surface area contributed by atoms with Gasteiger partial charge in [0.2, 0.25) is 0 Å². The number of halogens is 3. The second-order valence-electron chi connectivity index (χ2n) is 3.17. The van der Waals surface area contributed by atoms with E-state index in [2.05, 4.69) is 4.74 Å². The first-order valence-corrected chi connectivity index (χ1v) is 4.99. The van der Waals surface area contributed by atoms with Crippen LogP contribution >= 0.6 is 11.6 Å². The van der Waals surface area contributed by atoms with Gasteiger partial charge >= 0.3 is 0 Å². The zero-order valence-corrected chi connectivity index (χ0v) is 9.21. The van der Waals surface area contributed by atoms with Crippen molar-refractivity contribution in [2.24, 2.45) is 0 Å². The van der Waals surface area contributed by atoms with Gasteiger partial charge in [0, 0.05) is 12.1 Å². The zero-order valence-electron chi connectivity index (χ0n) is 8.45. The van der Waals surface area contributed by atoms with E-state index in [4.69, 9.17) is 11.6 Å². The molecule has 2 N–H and O–H groups in total. The van der Waals surface area contributed by atoms with Gasteiger partial charge in [0.25, 0.3) is 0 Å². The average Bonchev–Trinajstić information content (AvgIpc) is 2.26. The van der Waals surface area contributed by atoms with Crippen molar-refractivity contribution in [1.29, 1.82) is 0 Å².